The molecule has 0 bridgehead atoms. The van der Waals surface area contributed by atoms with Crippen molar-refractivity contribution in [3.05, 3.63) is 105 Å². The molecule has 2 unspecified atom stereocenters. The highest BCUT2D eigenvalue weighted by Gasteiger charge is 2.57. The van der Waals surface area contributed by atoms with E-state index < -0.39 is 39.7 Å². The first kappa shape index (κ1) is 29.7. The molecule has 2 aliphatic rings. The van der Waals surface area contributed by atoms with Crippen LogP contribution in [0.4, 0.5) is 11.4 Å². The van der Waals surface area contributed by atoms with Gasteiger partial charge in [-0.15, -0.1) is 0 Å². The summed E-state index contributed by atoms with van der Waals surface area (Å²) in [6, 6.07) is 16.6. The van der Waals surface area contributed by atoms with Crippen molar-refractivity contribution in [3.63, 3.8) is 0 Å². The average molecular weight is 744 g/mol. The Labute approximate surface area is 275 Å². The minimum atomic E-state index is -0.868. The summed E-state index contributed by atoms with van der Waals surface area (Å²) >= 11 is 30.5. The van der Waals surface area contributed by atoms with Crippen LogP contribution in [0.2, 0.25) is 20.1 Å². The molecule has 4 aromatic rings. The standard InChI is InChI=1S/C28H16BrCl4N3O4S2/c29-12-4-7-14(8-5-12)36-25(38)21-20(15-2-1-3-17(31)22(15)33)24-27(41-23(21)26(36)39)35(28(40)42-24)11-19(37)34-13-6-9-16(30)18(32)10-13/h1-10,20-21,23H,11H2,(H,34,37)/t20-,21?,23?/m1/s1. The molecule has 2 aliphatic heterocycles. The molecule has 3 aromatic carbocycles. The molecule has 1 fully saturated rings. The lowest BCUT2D eigenvalue weighted by molar-refractivity contribution is -0.122. The second-order valence-corrected chi connectivity index (χ2v) is 14.1. The molecule has 0 radical (unpaired) electrons. The van der Waals surface area contributed by atoms with Gasteiger partial charge in [-0.1, -0.05) is 97.6 Å². The summed E-state index contributed by atoms with van der Waals surface area (Å²) in [4.78, 5) is 55.5. The van der Waals surface area contributed by atoms with E-state index in [0.29, 0.717) is 31.9 Å². The quantitative estimate of drug-likeness (QED) is 0.212. The summed E-state index contributed by atoms with van der Waals surface area (Å²) in [5.41, 5.74) is 1.36. The zero-order valence-corrected chi connectivity index (χ0v) is 27.2. The molecule has 0 aliphatic carbocycles. The predicted molar refractivity (Wildman–Crippen MR) is 172 cm³/mol. The van der Waals surface area contributed by atoms with E-state index in [-0.39, 0.29) is 21.6 Å². The SMILES string of the molecule is O=C(Cn1c2c(sc1=O)[C@H](c1cccc(Cl)c1Cl)C1C(=O)N(c3ccc(Br)cc3)C(=O)C1S2)Nc1ccc(Cl)c(Cl)c1. The molecule has 3 amide bonds. The highest BCUT2D eigenvalue weighted by molar-refractivity contribution is 9.10. The van der Waals surface area contributed by atoms with E-state index in [2.05, 4.69) is 21.2 Å². The molecule has 1 saturated heterocycles. The number of carbonyl (C=O) groups is 3. The summed E-state index contributed by atoms with van der Waals surface area (Å²) in [6.45, 7) is -0.330. The van der Waals surface area contributed by atoms with Gasteiger partial charge in [-0.25, -0.2) is 4.90 Å². The maximum atomic E-state index is 14.0. The van der Waals surface area contributed by atoms with Gasteiger partial charge in [-0.05, 0) is 54.1 Å². The van der Waals surface area contributed by atoms with Crippen LogP contribution in [-0.4, -0.2) is 27.5 Å². The van der Waals surface area contributed by atoms with Crippen LogP contribution in [0.15, 0.2) is 75.0 Å². The number of thiazole rings is 1. The van der Waals surface area contributed by atoms with Crippen LogP contribution >= 0.6 is 85.4 Å². The highest BCUT2D eigenvalue weighted by Crippen LogP contribution is 2.55. The second-order valence-electron chi connectivity index (χ2n) is 9.47. The molecule has 0 spiro atoms. The molecular weight excluding hydrogens is 728 g/mol. The number of benzene rings is 3. The molecule has 3 atom stereocenters. The van der Waals surface area contributed by atoms with Crippen molar-refractivity contribution in [2.24, 2.45) is 5.92 Å². The van der Waals surface area contributed by atoms with Gasteiger partial charge in [0, 0.05) is 21.0 Å². The van der Waals surface area contributed by atoms with Gasteiger partial charge in [0.25, 0.3) is 0 Å². The lowest BCUT2D eigenvalue weighted by Crippen LogP contribution is -2.33. The minimum absolute atomic E-state index is 0.230. The van der Waals surface area contributed by atoms with Crippen LogP contribution in [0.1, 0.15) is 16.4 Å². The van der Waals surface area contributed by atoms with Crippen molar-refractivity contribution in [1.29, 1.82) is 0 Å². The largest absolute Gasteiger partial charge is 0.324 e. The van der Waals surface area contributed by atoms with Crippen LogP contribution in [0, 0.1) is 5.92 Å². The smallest absolute Gasteiger partial charge is 0.308 e. The number of imide groups is 1. The fraction of sp³-hybridized carbons (Fsp3) is 0.143. The van der Waals surface area contributed by atoms with E-state index in [1.807, 2.05) is 0 Å². The van der Waals surface area contributed by atoms with Crippen LogP contribution in [0.25, 0.3) is 0 Å². The minimum Gasteiger partial charge on any atom is -0.324 e. The lowest BCUT2D eigenvalue weighted by Gasteiger charge is -2.31. The zero-order valence-electron chi connectivity index (χ0n) is 20.9. The third-order valence-corrected chi connectivity index (χ3v) is 11.7. The van der Waals surface area contributed by atoms with E-state index in [0.717, 1.165) is 27.6 Å². The summed E-state index contributed by atoms with van der Waals surface area (Å²) < 4.78 is 2.12. The van der Waals surface area contributed by atoms with Crippen molar-refractivity contribution in [2.45, 2.75) is 22.7 Å². The lowest BCUT2D eigenvalue weighted by atomic mass is 9.83. The van der Waals surface area contributed by atoms with Gasteiger partial charge in [-0.2, -0.15) is 0 Å². The third-order valence-electron chi connectivity index (χ3n) is 6.96. The molecular formula is C28H16BrCl4N3O4S2. The molecule has 3 heterocycles. The van der Waals surface area contributed by atoms with Gasteiger partial charge in [0.2, 0.25) is 17.7 Å². The van der Waals surface area contributed by atoms with Crippen molar-refractivity contribution in [2.75, 3.05) is 10.2 Å². The third kappa shape index (κ3) is 5.21. The number of hydrogen-bond acceptors (Lipinski definition) is 6. The maximum Gasteiger partial charge on any atom is 0.308 e. The fourth-order valence-electron chi connectivity index (χ4n) is 5.11. The monoisotopic (exact) mass is 741 g/mol. The first-order valence-corrected chi connectivity index (χ1v) is 16.3. The summed E-state index contributed by atoms with van der Waals surface area (Å²) in [6.07, 6.45) is 0. The van der Waals surface area contributed by atoms with E-state index in [1.54, 1.807) is 54.6 Å². The van der Waals surface area contributed by atoms with Crippen LogP contribution < -0.4 is 15.1 Å². The number of aromatic nitrogens is 1. The van der Waals surface area contributed by atoms with Crippen molar-refractivity contribution in [3.8, 4) is 0 Å². The zero-order chi connectivity index (χ0) is 29.9. The molecule has 1 aromatic heterocycles. The fourth-order valence-corrected chi connectivity index (χ4v) is 8.87. The first-order chi connectivity index (χ1) is 20.0. The Kier molecular flexibility index (Phi) is 8.25. The number of thioether (sulfide) groups is 1. The Balaban J connectivity index is 1.43. The van der Waals surface area contributed by atoms with Crippen molar-refractivity contribution in [1.82, 2.24) is 4.57 Å². The van der Waals surface area contributed by atoms with Crippen LogP contribution in [0.3, 0.4) is 0 Å². The first-order valence-electron chi connectivity index (χ1n) is 12.3. The number of fused-ring (bicyclic) bond motifs is 2. The Morgan fingerprint density at radius 2 is 1.64 bits per heavy atom. The van der Waals surface area contributed by atoms with E-state index in [1.165, 1.54) is 15.5 Å². The highest BCUT2D eigenvalue weighted by atomic mass is 79.9. The molecule has 0 saturated carbocycles. The molecule has 1 N–H and O–H groups in total. The summed E-state index contributed by atoms with van der Waals surface area (Å²) in [7, 11) is 0. The summed E-state index contributed by atoms with van der Waals surface area (Å²) in [5.74, 6) is -2.91. The van der Waals surface area contributed by atoms with Crippen molar-refractivity contribution >= 4 is 115 Å². The van der Waals surface area contributed by atoms with Gasteiger partial charge in [-0.3, -0.25) is 23.7 Å². The van der Waals surface area contributed by atoms with Gasteiger partial charge < -0.3 is 5.32 Å². The Morgan fingerprint density at radius 3 is 2.36 bits per heavy atom. The Morgan fingerprint density at radius 1 is 0.905 bits per heavy atom. The topological polar surface area (TPSA) is 88.5 Å². The van der Waals surface area contributed by atoms with Gasteiger partial charge in [0.1, 0.15) is 11.8 Å². The van der Waals surface area contributed by atoms with E-state index in [4.69, 9.17) is 46.4 Å². The normalized spacial score (nSPS) is 19.5. The number of rotatable bonds is 5. The number of amides is 3. The predicted octanol–water partition coefficient (Wildman–Crippen LogP) is 7.72. The van der Waals surface area contributed by atoms with Crippen LogP contribution in [-0.2, 0) is 20.9 Å². The number of nitrogens with zero attached hydrogens (tertiary/aromatic N) is 2. The molecule has 42 heavy (non-hydrogen) atoms. The number of carbonyl (C=O) groups excluding carboxylic acids is 3. The Bertz CT molecular complexity index is 1850. The van der Waals surface area contributed by atoms with Crippen molar-refractivity contribution < 1.29 is 14.4 Å². The Hall–Kier alpha value is -2.31. The van der Waals surface area contributed by atoms with E-state index in [9.17, 15) is 19.2 Å². The number of halogens is 5. The number of nitrogens with one attached hydrogen (secondary N) is 1. The van der Waals surface area contributed by atoms with Gasteiger partial charge >= 0.3 is 4.87 Å². The van der Waals surface area contributed by atoms with Gasteiger partial charge in [0.15, 0.2) is 0 Å². The molecule has 6 rings (SSSR count). The average Bonchev–Trinajstić information content (AvgIpc) is 3.39. The molecule has 214 valence electrons. The molecule has 7 nitrogen and oxygen atoms in total. The summed E-state index contributed by atoms with van der Waals surface area (Å²) in [5, 5.41) is 3.39. The second kappa shape index (κ2) is 11.6. The van der Waals surface area contributed by atoms with E-state index >= 15 is 0 Å². The number of hydrogen-bond donors (Lipinski definition) is 1. The molecule has 14 heteroatoms. The maximum absolute atomic E-state index is 14.0. The number of anilines is 2. The van der Waals surface area contributed by atoms with Gasteiger partial charge in [0.05, 0.1) is 36.7 Å². The van der Waals surface area contributed by atoms with Crippen LogP contribution in [0.5, 0.6) is 0 Å².